The second kappa shape index (κ2) is 6.10. The molecule has 1 N–H and O–H groups in total. The molecule has 2 aromatic heterocycles. The van der Waals surface area contributed by atoms with E-state index in [1.807, 2.05) is 62.4 Å². The molecule has 7 heteroatoms. The molecule has 124 valence electrons. The van der Waals surface area contributed by atoms with Crippen molar-refractivity contribution in [1.82, 2.24) is 20.0 Å². The fourth-order valence-corrected chi connectivity index (χ4v) is 3.51. The van der Waals surface area contributed by atoms with Crippen LogP contribution in [0.25, 0.3) is 15.9 Å². The molecular formula is C18H15N5OS. The zero-order chi connectivity index (χ0) is 17.4. The van der Waals surface area contributed by atoms with Gasteiger partial charge in [-0.3, -0.25) is 10.1 Å². The van der Waals surface area contributed by atoms with E-state index in [1.54, 1.807) is 4.68 Å². The molecule has 4 aromatic rings. The third-order valence-corrected chi connectivity index (χ3v) is 4.92. The van der Waals surface area contributed by atoms with Crippen LogP contribution in [0.4, 0.5) is 5.13 Å². The van der Waals surface area contributed by atoms with E-state index < -0.39 is 0 Å². The summed E-state index contributed by atoms with van der Waals surface area (Å²) in [5.41, 5.74) is 3.82. The Balaban J connectivity index is 1.64. The lowest BCUT2D eigenvalue weighted by atomic mass is 10.2. The highest BCUT2D eigenvalue weighted by molar-refractivity contribution is 7.22. The fraction of sp³-hybridized carbons (Fsp3) is 0.111. The van der Waals surface area contributed by atoms with Crippen LogP contribution < -0.4 is 5.32 Å². The molecular weight excluding hydrogens is 334 g/mol. The van der Waals surface area contributed by atoms with Gasteiger partial charge < -0.3 is 0 Å². The van der Waals surface area contributed by atoms with Gasteiger partial charge in [0.15, 0.2) is 10.8 Å². The minimum atomic E-state index is -0.309. The molecule has 0 unspecified atom stereocenters. The first-order chi connectivity index (χ1) is 12.1. The highest BCUT2D eigenvalue weighted by atomic mass is 32.1. The van der Waals surface area contributed by atoms with Crippen molar-refractivity contribution in [3.8, 4) is 5.69 Å². The predicted octanol–water partition coefficient (Wildman–Crippen LogP) is 3.75. The van der Waals surface area contributed by atoms with Crippen LogP contribution in [-0.4, -0.2) is 25.9 Å². The van der Waals surface area contributed by atoms with E-state index >= 15 is 0 Å². The number of nitrogens with one attached hydrogen (secondary N) is 1. The van der Waals surface area contributed by atoms with Crippen LogP contribution >= 0.6 is 11.3 Å². The topological polar surface area (TPSA) is 72.7 Å². The van der Waals surface area contributed by atoms with Crippen LogP contribution in [0.3, 0.4) is 0 Å². The molecule has 0 fully saturated rings. The van der Waals surface area contributed by atoms with Crippen molar-refractivity contribution in [3.63, 3.8) is 0 Å². The quantitative estimate of drug-likeness (QED) is 0.611. The van der Waals surface area contributed by atoms with E-state index in [4.69, 9.17) is 0 Å². The molecule has 2 aromatic carbocycles. The molecule has 0 atom stereocenters. The first-order valence-electron chi connectivity index (χ1n) is 7.79. The summed E-state index contributed by atoms with van der Waals surface area (Å²) in [6.45, 7) is 3.83. The third kappa shape index (κ3) is 2.78. The summed E-state index contributed by atoms with van der Waals surface area (Å²) in [4.78, 5) is 17.0. The molecule has 0 saturated heterocycles. The average Bonchev–Trinajstić information content (AvgIpc) is 3.18. The molecule has 0 saturated carbocycles. The number of para-hydroxylation sites is 2. The van der Waals surface area contributed by atoms with Crippen LogP contribution in [0.15, 0.2) is 48.5 Å². The Morgan fingerprint density at radius 1 is 1.08 bits per heavy atom. The maximum atomic E-state index is 12.6. The van der Waals surface area contributed by atoms with Gasteiger partial charge in [0, 0.05) is 0 Å². The molecule has 1 amide bonds. The molecule has 25 heavy (non-hydrogen) atoms. The second-order valence-corrected chi connectivity index (χ2v) is 6.69. The third-order valence-electron chi connectivity index (χ3n) is 3.97. The summed E-state index contributed by atoms with van der Waals surface area (Å²) in [7, 11) is 0. The van der Waals surface area contributed by atoms with Crippen LogP contribution in [0.5, 0.6) is 0 Å². The van der Waals surface area contributed by atoms with Crippen molar-refractivity contribution in [1.29, 1.82) is 0 Å². The van der Waals surface area contributed by atoms with Crippen molar-refractivity contribution in [2.24, 2.45) is 0 Å². The van der Waals surface area contributed by atoms with Crippen LogP contribution in [-0.2, 0) is 0 Å². The first kappa shape index (κ1) is 15.5. The number of aromatic nitrogens is 4. The summed E-state index contributed by atoms with van der Waals surface area (Å²) in [5.74, 6) is -0.309. The average molecular weight is 349 g/mol. The highest BCUT2D eigenvalue weighted by Crippen LogP contribution is 2.26. The van der Waals surface area contributed by atoms with Gasteiger partial charge in [-0.1, -0.05) is 46.9 Å². The number of carbonyl (C=O) groups is 1. The molecule has 0 bridgehead atoms. The number of aryl methyl sites for hydroxylation is 1. The SMILES string of the molecule is Cc1ccccc1-n1nnc(C(=O)Nc2nc3ccccc3s2)c1C. The van der Waals surface area contributed by atoms with Gasteiger partial charge in [-0.25, -0.2) is 9.67 Å². The minimum absolute atomic E-state index is 0.294. The Hall–Kier alpha value is -3.06. The number of hydrogen-bond donors (Lipinski definition) is 1. The Labute approximate surface area is 148 Å². The van der Waals surface area contributed by atoms with Gasteiger partial charge in [0.25, 0.3) is 5.91 Å². The monoisotopic (exact) mass is 349 g/mol. The van der Waals surface area contributed by atoms with E-state index in [0.717, 1.165) is 21.5 Å². The number of amides is 1. The van der Waals surface area contributed by atoms with E-state index in [9.17, 15) is 4.79 Å². The van der Waals surface area contributed by atoms with Crippen molar-refractivity contribution in [3.05, 3.63) is 65.5 Å². The lowest BCUT2D eigenvalue weighted by Crippen LogP contribution is -2.14. The van der Waals surface area contributed by atoms with E-state index in [1.165, 1.54) is 11.3 Å². The summed E-state index contributed by atoms with van der Waals surface area (Å²) in [6.07, 6.45) is 0. The zero-order valence-electron chi connectivity index (χ0n) is 13.7. The Morgan fingerprint density at radius 3 is 2.64 bits per heavy atom. The van der Waals surface area contributed by atoms with Crippen LogP contribution in [0.2, 0.25) is 0 Å². The number of carbonyl (C=O) groups excluding carboxylic acids is 1. The smallest absolute Gasteiger partial charge is 0.279 e. The maximum absolute atomic E-state index is 12.6. The second-order valence-electron chi connectivity index (χ2n) is 5.66. The van der Waals surface area contributed by atoms with Gasteiger partial charge in [0.05, 0.1) is 21.6 Å². The predicted molar refractivity (Wildman–Crippen MR) is 98.4 cm³/mol. The summed E-state index contributed by atoms with van der Waals surface area (Å²) in [5, 5.41) is 11.6. The molecule has 0 radical (unpaired) electrons. The van der Waals surface area contributed by atoms with Crippen molar-refractivity contribution >= 4 is 32.6 Å². The lowest BCUT2D eigenvalue weighted by Gasteiger charge is -2.06. The van der Waals surface area contributed by atoms with Gasteiger partial charge in [0.2, 0.25) is 0 Å². The van der Waals surface area contributed by atoms with Crippen LogP contribution in [0, 0.1) is 13.8 Å². The molecule has 2 heterocycles. The molecule has 0 aliphatic carbocycles. The lowest BCUT2D eigenvalue weighted by molar-refractivity contribution is 0.102. The number of anilines is 1. The standard InChI is InChI=1S/C18H15N5OS/c1-11-7-3-5-9-14(11)23-12(2)16(21-22-23)17(24)20-18-19-13-8-4-6-10-15(13)25-18/h3-10H,1-2H3,(H,19,20,24). The van der Waals surface area contributed by atoms with Gasteiger partial charge in [-0.2, -0.15) is 0 Å². The van der Waals surface area contributed by atoms with E-state index in [0.29, 0.717) is 16.5 Å². The Morgan fingerprint density at radius 2 is 1.84 bits per heavy atom. The van der Waals surface area contributed by atoms with Crippen LogP contribution in [0.1, 0.15) is 21.7 Å². The number of nitrogens with zero attached hydrogens (tertiary/aromatic N) is 4. The van der Waals surface area contributed by atoms with Crippen molar-refractivity contribution in [2.75, 3.05) is 5.32 Å². The van der Waals surface area contributed by atoms with Gasteiger partial charge in [-0.15, -0.1) is 5.10 Å². The van der Waals surface area contributed by atoms with Crippen molar-refractivity contribution in [2.45, 2.75) is 13.8 Å². The first-order valence-corrected chi connectivity index (χ1v) is 8.60. The summed E-state index contributed by atoms with van der Waals surface area (Å²) >= 11 is 1.43. The number of hydrogen-bond acceptors (Lipinski definition) is 5. The number of benzene rings is 2. The minimum Gasteiger partial charge on any atom is -0.296 e. The number of fused-ring (bicyclic) bond motifs is 1. The maximum Gasteiger partial charge on any atom is 0.279 e. The molecule has 0 aliphatic rings. The summed E-state index contributed by atoms with van der Waals surface area (Å²) < 4.78 is 2.71. The van der Waals surface area contributed by atoms with Crippen molar-refractivity contribution < 1.29 is 4.79 Å². The number of thiazole rings is 1. The largest absolute Gasteiger partial charge is 0.296 e. The molecule has 6 nitrogen and oxygen atoms in total. The molecule has 4 rings (SSSR count). The van der Waals surface area contributed by atoms with Gasteiger partial charge in [0.1, 0.15) is 0 Å². The fourth-order valence-electron chi connectivity index (χ4n) is 2.65. The Kier molecular flexibility index (Phi) is 3.77. The molecule has 0 aliphatic heterocycles. The van der Waals surface area contributed by atoms with E-state index in [2.05, 4.69) is 20.6 Å². The number of rotatable bonds is 3. The van der Waals surface area contributed by atoms with Gasteiger partial charge in [-0.05, 0) is 37.6 Å². The summed E-state index contributed by atoms with van der Waals surface area (Å²) in [6, 6.07) is 15.6. The van der Waals surface area contributed by atoms with Gasteiger partial charge >= 0.3 is 0 Å². The zero-order valence-corrected chi connectivity index (χ0v) is 14.5. The van der Waals surface area contributed by atoms with E-state index in [-0.39, 0.29) is 5.91 Å². The Bertz CT molecular complexity index is 1050. The highest BCUT2D eigenvalue weighted by Gasteiger charge is 2.19. The molecule has 0 spiro atoms. The normalized spacial score (nSPS) is 11.0.